The van der Waals surface area contributed by atoms with Crippen LogP contribution < -0.4 is 5.32 Å². The normalized spacial score (nSPS) is 11.1. The van der Waals surface area contributed by atoms with Gasteiger partial charge >= 0.3 is 0 Å². The molecule has 0 spiro atoms. The van der Waals surface area contributed by atoms with Gasteiger partial charge in [-0.25, -0.2) is 19.0 Å². The predicted molar refractivity (Wildman–Crippen MR) is 117 cm³/mol. The van der Waals surface area contributed by atoms with E-state index in [1.807, 2.05) is 32.9 Å². The van der Waals surface area contributed by atoms with E-state index in [0.717, 1.165) is 22.2 Å². The van der Waals surface area contributed by atoms with Crippen LogP contribution in [0.2, 0.25) is 0 Å². The Morgan fingerprint density at radius 3 is 2.50 bits per heavy atom. The van der Waals surface area contributed by atoms with Crippen molar-refractivity contribution in [1.29, 1.82) is 0 Å². The molecule has 2 heterocycles. The number of anilines is 1. The third-order valence-electron chi connectivity index (χ3n) is 4.68. The minimum atomic E-state index is -0.314. The molecule has 4 rings (SSSR count). The highest BCUT2D eigenvalue weighted by Gasteiger charge is 2.14. The summed E-state index contributed by atoms with van der Waals surface area (Å²) < 4.78 is 14.8. The SMILES string of the molecule is Cc1cc(C)c(NC(=O)CSc2ncnc3c2cnn3-c2ccc(F)cc2)c(C)c1. The molecule has 0 unspecified atom stereocenters. The van der Waals surface area contributed by atoms with E-state index in [1.165, 1.54) is 35.8 Å². The van der Waals surface area contributed by atoms with Gasteiger partial charge in [-0.3, -0.25) is 4.79 Å². The summed E-state index contributed by atoms with van der Waals surface area (Å²) in [7, 11) is 0. The zero-order valence-electron chi connectivity index (χ0n) is 16.8. The highest BCUT2D eigenvalue weighted by atomic mass is 32.2. The maximum atomic E-state index is 13.2. The van der Waals surface area contributed by atoms with E-state index in [1.54, 1.807) is 23.0 Å². The lowest BCUT2D eigenvalue weighted by Gasteiger charge is -2.12. The number of rotatable bonds is 5. The minimum Gasteiger partial charge on any atom is -0.325 e. The summed E-state index contributed by atoms with van der Waals surface area (Å²) in [5, 5.41) is 8.77. The van der Waals surface area contributed by atoms with Crippen LogP contribution in [0.5, 0.6) is 0 Å². The van der Waals surface area contributed by atoms with Gasteiger partial charge in [0, 0.05) is 5.69 Å². The molecular weight excluding hydrogens is 401 g/mol. The molecule has 0 aliphatic carbocycles. The molecule has 0 saturated heterocycles. The van der Waals surface area contributed by atoms with Crippen LogP contribution in [0.4, 0.5) is 10.1 Å². The standard InChI is InChI=1S/C22H20FN5OS/c1-13-8-14(2)20(15(3)9-13)27-19(29)11-30-22-18-10-26-28(21(18)24-12-25-22)17-6-4-16(23)5-7-17/h4-10,12H,11H2,1-3H3,(H,27,29). The lowest BCUT2D eigenvalue weighted by molar-refractivity contribution is -0.113. The summed E-state index contributed by atoms with van der Waals surface area (Å²) >= 11 is 1.33. The second-order valence-corrected chi connectivity index (χ2v) is 8.02. The van der Waals surface area contributed by atoms with E-state index in [-0.39, 0.29) is 17.5 Å². The summed E-state index contributed by atoms with van der Waals surface area (Å²) in [6, 6.07) is 10.1. The molecule has 2 aromatic heterocycles. The van der Waals surface area contributed by atoms with Crippen LogP contribution in [0.1, 0.15) is 16.7 Å². The van der Waals surface area contributed by atoms with Crippen LogP contribution in [0.15, 0.2) is 53.9 Å². The molecule has 0 radical (unpaired) electrons. The Morgan fingerprint density at radius 2 is 1.80 bits per heavy atom. The Labute approximate surface area is 177 Å². The van der Waals surface area contributed by atoms with Gasteiger partial charge in [-0.2, -0.15) is 5.10 Å². The highest BCUT2D eigenvalue weighted by Crippen LogP contribution is 2.27. The van der Waals surface area contributed by atoms with E-state index in [0.29, 0.717) is 16.4 Å². The number of hydrogen-bond acceptors (Lipinski definition) is 5. The summed E-state index contributed by atoms with van der Waals surface area (Å²) in [5.74, 6) is -0.209. The van der Waals surface area contributed by atoms with Crippen LogP contribution in [-0.2, 0) is 4.79 Å². The first-order valence-electron chi connectivity index (χ1n) is 9.37. The van der Waals surface area contributed by atoms with Crippen molar-refractivity contribution in [2.75, 3.05) is 11.1 Å². The first-order chi connectivity index (χ1) is 14.4. The summed E-state index contributed by atoms with van der Waals surface area (Å²) in [6.07, 6.45) is 3.10. The summed E-state index contributed by atoms with van der Waals surface area (Å²) in [4.78, 5) is 21.2. The van der Waals surface area contributed by atoms with E-state index < -0.39 is 0 Å². The molecule has 4 aromatic rings. The van der Waals surface area contributed by atoms with Crippen molar-refractivity contribution in [3.05, 3.63) is 71.4 Å². The van der Waals surface area contributed by atoms with Crippen molar-refractivity contribution < 1.29 is 9.18 Å². The molecule has 30 heavy (non-hydrogen) atoms. The molecule has 0 bridgehead atoms. The van der Waals surface area contributed by atoms with Gasteiger partial charge in [-0.1, -0.05) is 29.5 Å². The Bertz CT molecular complexity index is 1210. The first-order valence-corrected chi connectivity index (χ1v) is 10.4. The van der Waals surface area contributed by atoms with E-state index >= 15 is 0 Å². The van der Waals surface area contributed by atoms with Crippen LogP contribution in [0.3, 0.4) is 0 Å². The molecular formula is C22H20FN5OS. The van der Waals surface area contributed by atoms with Crippen molar-refractivity contribution in [2.24, 2.45) is 0 Å². The molecule has 1 N–H and O–H groups in total. The third kappa shape index (κ3) is 4.04. The molecule has 2 aromatic carbocycles. The topological polar surface area (TPSA) is 72.7 Å². The smallest absolute Gasteiger partial charge is 0.234 e. The number of hydrogen-bond donors (Lipinski definition) is 1. The van der Waals surface area contributed by atoms with E-state index in [2.05, 4.69) is 20.4 Å². The number of carbonyl (C=O) groups is 1. The number of thioether (sulfide) groups is 1. The van der Waals surface area contributed by atoms with Gasteiger partial charge in [0.2, 0.25) is 5.91 Å². The Balaban J connectivity index is 1.52. The number of nitrogens with one attached hydrogen (secondary N) is 1. The van der Waals surface area contributed by atoms with Crippen molar-refractivity contribution in [1.82, 2.24) is 19.7 Å². The molecule has 0 fully saturated rings. The molecule has 152 valence electrons. The fourth-order valence-electron chi connectivity index (χ4n) is 3.40. The van der Waals surface area contributed by atoms with Crippen molar-refractivity contribution in [3.63, 3.8) is 0 Å². The monoisotopic (exact) mass is 421 g/mol. The fourth-order valence-corrected chi connectivity index (χ4v) is 4.16. The van der Waals surface area contributed by atoms with Crippen LogP contribution in [0.25, 0.3) is 16.7 Å². The average Bonchev–Trinajstić information content (AvgIpc) is 3.14. The van der Waals surface area contributed by atoms with Gasteiger partial charge in [0.05, 0.1) is 23.0 Å². The first kappa shape index (κ1) is 20.0. The summed E-state index contributed by atoms with van der Waals surface area (Å²) in [5.41, 5.74) is 5.39. The van der Waals surface area contributed by atoms with E-state index in [4.69, 9.17) is 0 Å². The van der Waals surface area contributed by atoms with Gasteiger partial charge < -0.3 is 5.32 Å². The van der Waals surface area contributed by atoms with Gasteiger partial charge in [0.25, 0.3) is 0 Å². The van der Waals surface area contributed by atoms with Crippen LogP contribution in [0, 0.1) is 26.6 Å². The second-order valence-electron chi connectivity index (χ2n) is 7.06. The zero-order chi connectivity index (χ0) is 21.3. The van der Waals surface area contributed by atoms with E-state index in [9.17, 15) is 9.18 Å². The average molecular weight is 422 g/mol. The van der Waals surface area contributed by atoms with Gasteiger partial charge in [-0.05, 0) is 56.2 Å². The van der Waals surface area contributed by atoms with Gasteiger partial charge in [-0.15, -0.1) is 0 Å². The fraction of sp³-hybridized carbons (Fsp3) is 0.182. The number of aromatic nitrogens is 4. The van der Waals surface area contributed by atoms with Gasteiger partial charge in [0.15, 0.2) is 5.65 Å². The Hall–Kier alpha value is -3.26. The maximum Gasteiger partial charge on any atom is 0.234 e. The largest absolute Gasteiger partial charge is 0.325 e. The number of aryl methyl sites for hydroxylation is 3. The quantitative estimate of drug-likeness (QED) is 0.376. The molecule has 0 saturated carbocycles. The molecule has 8 heteroatoms. The van der Waals surface area contributed by atoms with Crippen molar-refractivity contribution >= 4 is 34.4 Å². The number of halogens is 1. The van der Waals surface area contributed by atoms with Crippen molar-refractivity contribution in [2.45, 2.75) is 25.8 Å². The Kier molecular flexibility index (Phi) is 5.50. The lowest BCUT2D eigenvalue weighted by atomic mass is 10.1. The third-order valence-corrected chi connectivity index (χ3v) is 5.69. The second kappa shape index (κ2) is 8.23. The number of carbonyl (C=O) groups excluding carboxylic acids is 1. The van der Waals surface area contributed by atoms with Crippen molar-refractivity contribution in [3.8, 4) is 5.69 Å². The minimum absolute atomic E-state index is 0.104. The number of benzene rings is 2. The number of nitrogens with zero attached hydrogens (tertiary/aromatic N) is 4. The maximum absolute atomic E-state index is 13.2. The highest BCUT2D eigenvalue weighted by molar-refractivity contribution is 8.00. The molecule has 6 nitrogen and oxygen atoms in total. The lowest BCUT2D eigenvalue weighted by Crippen LogP contribution is -2.16. The predicted octanol–water partition coefficient (Wildman–Crippen LogP) is 4.61. The zero-order valence-corrected chi connectivity index (χ0v) is 17.6. The molecule has 0 aliphatic rings. The molecule has 0 aliphatic heterocycles. The number of amides is 1. The van der Waals surface area contributed by atoms with Crippen LogP contribution >= 0.6 is 11.8 Å². The molecule has 1 amide bonds. The Morgan fingerprint density at radius 1 is 1.10 bits per heavy atom. The van der Waals surface area contributed by atoms with Crippen LogP contribution in [-0.4, -0.2) is 31.4 Å². The van der Waals surface area contributed by atoms with Gasteiger partial charge in [0.1, 0.15) is 17.2 Å². The molecule has 0 atom stereocenters. The summed E-state index contributed by atoms with van der Waals surface area (Å²) in [6.45, 7) is 6.01. The number of fused-ring (bicyclic) bond motifs is 1.